The molecule has 0 spiro atoms. The number of nitrogens with zero attached hydrogens (tertiary/aromatic N) is 4. The molecule has 0 amide bonds. The third-order valence-corrected chi connectivity index (χ3v) is 21.3. The van der Waals surface area contributed by atoms with Crippen LogP contribution in [0, 0.1) is 31.8 Å². The van der Waals surface area contributed by atoms with E-state index in [4.69, 9.17) is 4.85 Å². The van der Waals surface area contributed by atoms with Crippen LogP contribution in [0.25, 0.3) is 163 Å². The molecule has 78 heavy (non-hydrogen) atoms. The highest BCUT2D eigenvalue weighted by atomic mass is 32.1. The summed E-state index contributed by atoms with van der Waals surface area (Å²) in [6, 6.07) is 73.3. The predicted octanol–water partition coefficient (Wildman–Crippen LogP) is 21.7. The van der Waals surface area contributed by atoms with Gasteiger partial charge in [-0.2, -0.15) is 5.26 Å². The Hall–Kier alpha value is -9.12. The van der Waals surface area contributed by atoms with Crippen LogP contribution in [-0.4, -0.2) is 9.13 Å². The molecule has 0 aliphatic carbocycles. The average molecular weight is 1060 g/mol. The van der Waals surface area contributed by atoms with Crippen LogP contribution >= 0.6 is 45.3 Å². The summed E-state index contributed by atoms with van der Waals surface area (Å²) in [5, 5.41) is 26.6. The van der Waals surface area contributed by atoms with Crippen molar-refractivity contribution in [3.8, 4) is 39.7 Å². The van der Waals surface area contributed by atoms with Crippen molar-refractivity contribution in [2.24, 2.45) is 0 Å². The molecule has 0 fully saturated rings. The minimum absolute atomic E-state index is 0.442. The SMILES string of the molecule is [C-]#[N+]c1c(-c2ccccc2C)c(C#N)c(-n2c3c(ccc4c5ccccc5sc43)c3ccc4c5ccccc5sc4c32)c(-c2ccccc2C)c1-n1c2c(ccc3c4ccccc4sc32)c2ccc3c4ccccc4sc3c21. The monoisotopic (exact) mass is 1060 g/mol. The second-order valence-electron chi connectivity index (χ2n) is 20.4. The van der Waals surface area contributed by atoms with Crippen molar-refractivity contribution < 1.29 is 0 Å². The number of hydrogen-bond acceptors (Lipinski definition) is 5. The molecule has 0 N–H and O–H groups in total. The van der Waals surface area contributed by atoms with E-state index in [0.29, 0.717) is 16.8 Å². The molecule has 17 aromatic rings. The van der Waals surface area contributed by atoms with Crippen molar-refractivity contribution in [3.05, 3.63) is 222 Å². The summed E-state index contributed by atoms with van der Waals surface area (Å²) >= 11 is 7.27. The summed E-state index contributed by atoms with van der Waals surface area (Å²) in [6.07, 6.45) is 0. The summed E-state index contributed by atoms with van der Waals surface area (Å²) in [4.78, 5) is 4.81. The zero-order valence-electron chi connectivity index (χ0n) is 41.9. The van der Waals surface area contributed by atoms with E-state index in [2.05, 4.69) is 223 Å². The molecule has 6 aromatic heterocycles. The lowest BCUT2D eigenvalue weighted by Gasteiger charge is -2.27. The van der Waals surface area contributed by atoms with Crippen molar-refractivity contribution >= 4 is 175 Å². The molecule has 0 radical (unpaired) electrons. The van der Waals surface area contributed by atoms with E-state index >= 15 is 0 Å². The molecule has 0 unspecified atom stereocenters. The van der Waals surface area contributed by atoms with E-state index < -0.39 is 0 Å². The van der Waals surface area contributed by atoms with Crippen LogP contribution in [0.3, 0.4) is 0 Å². The Morgan fingerprint density at radius 1 is 0.359 bits per heavy atom. The van der Waals surface area contributed by atoms with E-state index in [9.17, 15) is 11.8 Å². The van der Waals surface area contributed by atoms with Crippen LogP contribution in [0.1, 0.15) is 16.7 Å². The van der Waals surface area contributed by atoms with Gasteiger partial charge in [0.25, 0.3) is 0 Å². The first-order valence-corrected chi connectivity index (χ1v) is 29.3. The number of nitriles is 1. The molecule has 8 heteroatoms. The molecule has 4 nitrogen and oxygen atoms in total. The first-order chi connectivity index (χ1) is 38.5. The Kier molecular flexibility index (Phi) is 9.15. The molecule has 0 saturated heterocycles. The Labute approximate surface area is 462 Å². The highest BCUT2D eigenvalue weighted by Gasteiger charge is 2.35. The second-order valence-corrected chi connectivity index (χ2v) is 24.7. The minimum atomic E-state index is 0.442. The first kappa shape index (κ1) is 44.1. The van der Waals surface area contributed by atoms with E-state index in [1.165, 1.54) is 61.9 Å². The van der Waals surface area contributed by atoms with Gasteiger partial charge in [0.2, 0.25) is 5.69 Å². The fourth-order valence-electron chi connectivity index (χ4n) is 13.1. The smallest absolute Gasteiger partial charge is 0.220 e. The van der Waals surface area contributed by atoms with Crippen molar-refractivity contribution in [1.29, 1.82) is 5.26 Å². The Balaban J connectivity index is 1.22. The summed E-state index contributed by atoms with van der Waals surface area (Å²) in [5.41, 5.74) is 12.0. The van der Waals surface area contributed by atoms with Crippen molar-refractivity contribution in [2.45, 2.75) is 13.8 Å². The van der Waals surface area contributed by atoms with Gasteiger partial charge in [0.1, 0.15) is 6.07 Å². The molecule has 17 rings (SSSR count). The molecule has 0 atom stereocenters. The largest absolute Gasteiger partial charge is 0.316 e. The fraction of sp³-hybridized carbons (Fsp3) is 0.0286. The Morgan fingerprint density at radius 2 is 0.667 bits per heavy atom. The van der Waals surface area contributed by atoms with Gasteiger partial charge in [-0.1, -0.05) is 170 Å². The molecular weight excluding hydrogens is 1030 g/mol. The van der Waals surface area contributed by atoms with E-state index in [1.54, 1.807) is 0 Å². The van der Waals surface area contributed by atoms with Gasteiger partial charge in [0.15, 0.2) is 0 Å². The van der Waals surface area contributed by atoms with Crippen LogP contribution in [0.2, 0.25) is 0 Å². The normalized spacial score (nSPS) is 12.2. The maximum atomic E-state index is 12.6. The summed E-state index contributed by atoms with van der Waals surface area (Å²) in [5.74, 6) is 0. The first-order valence-electron chi connectivity index (χ1n) is 26.0. The lowest BCUT2D eigenvalue weighted by atomic mass is 9.86. The highest BCUT2D eigenvalue weighted by Crippen LogP contribution is 2.57. The molecule has 6 heterocycles. The average Bonchev–Trinajstić information content (AvgIpc) is 4.04. The van der Waals surface area contributed by atoms with Gasteiger partial charge in [0.05, 0.1) is 64.4 Å². The molecule has 0 bridgehead atoms. The molecular formula is C70H38N4S4. The van der Waals surface area contributed by atoms with Crippen molar-refractivity contribution in [3.63, 3.8) is 0 Å². The third kappa shape index (κ3) is 5.74. The molecule has 11 aromatic carbocycles. The number of aryl methyl sites for hydroxylation is 2. The van der Waals surface area contributed by atoms with Crippen LogP contribution in [0.15, 0.2) is 194 Å². The highest BCUT2D eigenvalue weighted by molar-refractivity contribution is 7.28. The number of fused-ring (bicyclic) bond motifs is 22. The third-order valence-electron chi connectivity index (χ3n) is 16.5. The zero-order valence-corrected chi connectivity index (χ0v) is 45.2. The Bertz CT molecular complexity index is 5080. The van der Waals surface area contributed by atoms with Crippen LogP contribution < -0.4 is 0 Å². The number of rotatable bonds is 4. The maximum Gasteiger partial charge on any atom is 0.220 e. The number of benzene rings is 11. The quantitative estimate of drug-likeness (QED) is 0.162. The molecule has 0 saturated carbocycles. The van der Waals surface area contributed by atoms with E-state index in [1.807, 2.05) is 45.3 Å². The van der Waals surface area contributed by atoms with Crippen molar-refractivity contribution in [1.82, 2.24) is 9.13 Å². The summed E-state index contributed by atoms with van der Waals surface area (Å²) in [7, 11) is 0. The van der Waals surface area contributed by atoms with Gasteiger partial charge in [-0.05, 0) is 60.4 Å². The number of hydrogen-bond donors (Lipinski definition) is 0. The van der Waals surface area contributed by atoms with Gasteiger partial charge in [-0.25, -0.2) is 4.85 Å². The zero-order chi connectivity index (χ0) is 51.7. The van der Waals surface area contributed by atoms with Gasteiger partial charge < -0.3 is 9.13 Å². The number of thiophene rings is 4. The second kappa shape index (κ2) is 16.2. The minimum Gasteiger partial charge on any atom is -0.316 e. The lowest BCUT2D eigenvalue weighted by Crippen LogP contribution is -2.09. The lowest BCUT2D eigenvalue weighted by molar-refractivity contribution is 1.14. The molecule has 362 valence electrons. The van der Waals surface area contributed by atoms with Gasteiger partial charge in [0, 0.05) is 94.6 Å². The molecule has 0 aliphatic heterocycles. The van der Waals surface area contributed by atoms with Gasteiger partial charge in [-0.3, -0.25) is 0 Å². The number of aromatic nitrogens is 2. The Morgan fingerprint density at radius 3 is 1.01 bits per heavy atom. The maximum absolute atomic E-state index is 12.6. The van der Waals surface area contributed by atoms with E-state index in [-0.39, 0.29) is 0 Å². The molecule has 0 aliphatic rings. The standard InChI is InChI=1S/C70H38N4S4/c1-37-16-4-6-18-39(37)58-53(36-71)61(73-62-45(28-32-49-41-20-8-12-24-54(41)75-67(49)62)46-29-33-50-42-21-9-13-25-55(42)76-68(50)63(46)73)59(40-19-7-5-17-38(40)2)66(60(58)72-3)74-64-47(30-34-51-43-22-10-14-26-56(43)77-69(51)64)48-31-35-52-44-23-11-15-27-57(44)78-70(52)65(48)74/h4-35H,1-2H3. The van der Waals surface area contributed by atoms with Gasteiger partial charge >= 0.3 is 0 Å². The van der Waals surface area contributed by atoms with Crippen LogP contribution in [-0.2, 0) is 0 Å². The fourth-order valence-corrected chi connectivity index (χ4v) is 18.1. The summed E-state index contributed by atoms with van der Waals surface area (Å²) in [6.45, 7) is 14.1. The topological polar surface area (TPSA) is 38.0 Å². The predicted molar refractivity (Wildman–Crippen MR) is 338 cm³/mol. The van der Waals surface area contributed by atoms with Crippen LogP contribution in [0.5, 0.6) is 0 Å². The van der Waals surface area contributed by atoms with Gasteiger partial charge in [-0.15, -0.1) is 45.3 Å². The summed E-state index contributed by atoms with van der Waals surface area (Å²) < 4.78 is 14.5. The van der Waals surface area contributed by atoms with E-state index in [0.717, 1.165) is 102 Å². The van der Waals surface area contributed by atoms with Crippen molar-refractivity contribution in [2.75, 3.05) is 0 Å². The van der Waals surface area contributed by atoms with Crippen LogP contribution in [0.4, 0.5) is 5.69 Å².